The summed E-state index contributed by atoms with van der Waals surface area (Å²) in [4.78, 5) is 0.0798. The second-order valence-electron chi connectivity index (χ2n) is 3.44. The maximum Gasteiger partial charge on any atom is 0.181 e. The van der Waals surface area contributed by atoms with Gasteiger partial charge in [-0.05, 0) is 31.0 Å². The van der Waals surface area contributed by atoms with Gasteiger partial charge in [0.05, 0.1) is 10.1 Å². The second-order valence-corrected chi connectivity index (χ2v) is 5.67. The molecule has 0 fully saturated rings. The molecule has 0 spiro atoms. The van der Waals surface area contributed by atoms with E-state index in [0.717, 1.165) is 6.07 Å². The Morgan fingerprint density at radius 1 is 1.27 bits per heavy atom. The first-order valence-electron chi connectivity index (χ1n) is 5.01. The fraction of sp³-hybridized carbons (Fsp3) is 0.455. The molecular formula is C11H15FO2S. The minimum atomic E-state index is -3.36. The molecule has 84 valence electrons. The van der Waals surface area contributed by atoms with E-state index in [1.54, 1.807) is 0 Å². The Morgan fingerprint density at radius 3 is 2.33 bits per heavy atom. The van der Waals surface area contributed by atoms with Crippen molar-refractivity contribution in [2.24, 2.45) is 0 Å². The first kappa shape index (κ1) is 12.2. The lowest BCUT2D eigenvalue weighted by atomic mass is 10.3. The van der Waals surface area contributed by atoms with E-state index >= 15 is 0 Å². The Labute approximate surface area is 90.0 Å². The molecule has 0 N–H and O–H groups in total. The highest BCUT2D eigenvalue weighted by Gasteiger charge is 2.24. The summed E-state index contributed by atoms with van der Waals surface area (Å²) in [6.45, 7) is 3.65. The van der Waals surface area contributed by atoms with Gasteiger partial charge in [0.25, 0.3) is 0 Å². The van der Waals surface area contributed by atoms with Crippen LogP contribution < -0.4 is 0 Å². The minimum absolute atomic E-state index is 0.0798. The fourth-order valence-corrected chi connectivity index (χ4v) is 3.37. The average molecular weight is 230 g/mol. The van der Waals surface area contributed by atoms with Gasteiger partial charge in [0.15, 0.2) is 9.84 Å². The molecule has 1 rings (SSSR count). The zero-order valence-corrected chi connectivity index (χ0v) is 9.72. The summed E-state index contributed by atoms with van der Waals surface area (Å²) in [5, 5.41) is -0.417. The molecule has 1 aromatic rings. The van der Waals surface area contributed by atoms with Gasteiger partial charge in [-0.3, -0.25) is 0 Å². The van der Waals surface area contributed by atoms with Crippen molar-refractivity contribution in [3.63, 3.8) is 0 Å². The van der Waals surface area contributed by atoms with Gasteiger partial charge in [-0.2, -0.15) is 0 Å². The maximum atomic E-state index is 12.9. The standard InChI is InChI=1S/C11H15FO2S/c1-3-10(4-2)15(13,14)11-7-5-6-9(12)8-11/h5-8,10H,3-4H2,1-2H3. The highest BCUT2D eigenvalue weighted by atomic mass is 32.2. The van der Waals surface area contributed by atoms with Crippen molar-refractivity contribution in [1.82, 2.24) is 0 Å². The molecule has 15 heavy (non-hydrogen) atoms. The third-order valence-corrected chi connectivity index (χ3v) is 4.93. The smallest absolute Gasteiger partial charge is 0.181 e. The van der Waals surface area contributed by atoms with E-state index < -0.39 is 20.9 Å². The van der Waals surface area contributed by atoms with Crippen molar-refractivity contribution in [3.8, 4) is 0 Å². The van der Waals surface area contributed by atoms with Gasteiger partial charge in [0.2, 0.25) is 0 Å². The third-order valence-electron chi connectivity index (χ3n) is 2.47. The highest BCUT2D eigenvalue weighted by molar-refractivity contribution is 7.92. The van der Waals surface area contributed by atoms with E-state index in [1.165, 1.54) is 18.2 Å². The SMILES string of the molecule is CCC(CC)S(=O)(=O)c1cccc(F)c1. The summed E-state index contributed by atoms with van der Waals surface area (Å²) in [6.07, 6.45) is 1.10. The predicted molar refractivity (Wildman–Crippen MR) is 58.0 cm³/mol. The van der Waals surface area contributed by atoms with Crippen LogP contribution in [0.25, 0.3) is 0 Å². The Kier molecular flexibility index (Phi) is 3.85. The summed E-state index contributed by atoms with van der Waals surface area (Å²) >= 11 is 0. The molecule has 0 aliphatic carbocycles. The summed E-state index contributed by atoms with van der Waals surface area (Å²) in [7, 11) is -3.36. The Hall–Kier alpha value is -0.900. The second kappa shape index (κ2) is 4.75. The van der Waals surface area contributed by atoms with Crippen LogP contribution in [0.1, 0.15) is 26.7 Å². The average Bonchev–Trinajstić information content (AvgIpc) is 2.19. The lowest BCUT2D eigenvalue weighted by Gasteiger charge is -2.13. The van der Waals surface area contributed by atoms with Crippen LogP contribution >= 0.6 is 0 Å². The molecule has 1 aromatic carbocycles. The minimum Gasteiger partial charge on any atom is -0.223 e. The molecular weight excluding hydrogens is 215 g/mol. The van der Waals surface area contributed by atoms with E-state index in [9.17, 15) is 12.8 Å². The molecule has 0 saturated carbocycles. The van der Waals surface area contributed by atoms with Crippen molar-refractivity contribution < 1.29 is 12.8 Å². The number of hydrogen-bond acceptors (Lipinski definition) is 2. The predicted octanol–water partition coefficient (Wildman–Crippen LogP) is 2.79. The lowest BCUT2D eigenvalue weighted by Crippen LogP contribution is -2.19. The molecule has 0 aliphatic heterocycles. The zero-order chi connectivity index (χ0) is 11.5. The van der Waals surface area contributed by atoms with Gasteiger partial charge < -0.3 is 0 Å². The van der Waals surface area contributed by atoms with Crippen LogP contribution in [0.2, 0.25) is 0 Å². The van der Waals surface area contributed by atoms with Crippen molar-refractivity contribution >= 4 is 9.84 Å². The molecule has 0 aliphatic rings. The Morgan fingerprint density at radius 2 is 1.87 bits per heavy atom. The molecule has 0 unspecified atom stereocenters. The largest absolute Gasteiger partial charge is 0.223 e. The van der Waals surface area contributed by atoms with E-state index in [2.05, 4.69) is 0 Å². The fourth-order valence-electron chi connectivity index (χ4n) is 1.56. The Balaban J connectivity index is 3.16. The zero-order valence-electron chi connectivity index (χ0n) is 8.90. The van der Waals surface area contributed by atoms with Crippen LogP contribution in [0.5, 0.6) is 0 Å². The van der Waals surface area contributed by atoms with Crippen LogP contribution in [-0.2, 0) is 9.84 Å². The number of halogens is 1. The van der Waals surface area contributed by atoms with Gasteiger partial charge in [0, 0.05) is 0 Å². The monoisotopic (exact) mass is 230 g/mol. The first-order valence-corrected chi connectivity index (χ1v) is 6.56. The van der Waals surface area contributed by atoms with Gasteiger partial charge in [-0.1, -0.05) is 19.9 Å². The van der Waals surface area contributed by atoms with Crippen molar-refractivity contribution in [1.29, 1.82) is 0 Å². The summed E-state index contributed by atoms with van der Waals surface area (Å²) in [6, 6.07) is 5.18. The number of rotatable bonds is 4. The highest BCUT2D eigenvalue weighted by Crippen LogP contribution is 2.20. The molecule has 2 nitrogen and oxygen atoms in total. The van der Waals surface area contributed by atoms with Crippen LogP contribution in [0.15, 0.2) is 29.2 Å². The van der Waals surface area contributed by atoms with Crippen molar-refractivity contribution in [3.05, 3.63) is 30.1 Å². The van der Waals surface area contributed by atoms with Crippen molar-refractivity contribution in [2.75, 3.05) is 0 Å². The van der Waals surface area contributed by atoms with Crippen LogP contribution in [0.4, 0.5) is 4.39 Å². The summed E-state index contributed by atoms with van der Waals surface area (Å²) in [5.41, 5.74) is 0. The molecule has 0 aromatic heterocycles. The summed E-state index contributed by atoms with van der Waals surface area (Å²) in [5.74, 6) is -0.512. The first-order chi connectivity index (χ1) is 7.02. The normalized spacial score (nSPS) is 12.0. The van der Waals surface area contributed by atoms with Crippen LogP contribution in [-0.4, -0.2) is 13.7 Å². The van der Waals surface area contributed by atoms with E-state index in [1.807, 2.05) is 13.8 Å². The van der Waals surface area contributed by atoms with Gasteiger partial charge in [-0.15, -0.1) is 0 Å². The lowest BCUT2D eigenvalue weighted by molar-refractivity contribution is 0.568. The molecule has 4 heteroatoms. The Bertz CT molecular complexity index is 422. The van der Waals surface area contributed by atoms with Crippen LogP contribution in [0.3, 0.4) is 0 Å². The number of sulfone groups is 1. The molecule has 0 amide bonds. The van der Waals surface area contributed by atoms with Crippen LogP contribution in [0, 0.1) is 5.82 Å². The maximum absolute atomic E-state index is 12.9. The molecule has 0 bridgehead atoms. The van der Waals surface area contributed by atoms with Gasteiger partial charge >= 0.3 is 0 Å². The van der Waals surface area contributed by atoms with E-state index in [-0.39, 0.29) is 4.90 Å². The summed E-state index contributed by atoms with van der Waals surface area (Å²) < 4.78 is 36.9. The number of hydrogen-bond donors (Lipinski definition) is 0. The molecule has 0 saturated heterocycles. The molecule has 0 atom stereocenters. The third kappa shape index (κ3) is 2.56. The topological polar surface area (TPSA) is 34.1 Å². The van der Waals surface area contributed by atoms with Crippen molar-refractivity contribution in [2.45, 2.75) is 36.8 Å². The molecule has 0 heterocycles. The van der Waals surface area contributed by atoms with E-state index in [0.29, 0.717) is 12.8 Å². The molecule has 0 radical (unpaired) electrons. The van der Waals surface area contributed by atoms with E-state index in [4.69, 9.17) is 0 Å². The number of benzene rings is 1. The quantitative estimate of drug-likeness (QED) is 0.797. The van der Waals surface area contributed by atoms with Gasteiger partial charge in [-0.25, -0.2) is 12.8 Å². The van der Waals surface area contributed by atoms with Gasteiger partial charge in [0.1, 0.15) is 5.82 Å².